The minimum atomic E-state index is -1.72. The molecule has 1 heterocycles. The van der Waals surface area contributed by atoms with Crippen LogP contribution in [0.15, 0.2) is 22.5 Å². The summed E-state index contributed by atoms with van der Waals surface area (Å²) in [7, 11) is 0. The van der Waals surface area contributed by atoms with Gasteiger partial charge in [0.25, 0.3) is 5.91 Å². The molecule has 0 fully saturated rings. The van der Waals surface area contributed by atoms with Crippen molar-refractivity contribution in [3.05, 3.63) is 12.3 Å². The third-order valence-corrected chi connectivity index (χ3v) is 0.841. The van der Waals surface area contributed by atoms with E-state index in [4.69, 9.17) is 34.8 Å². The molecule has 0 aromatic heterocycles. The molecule has 0 aliphatic carbocycles. The van der Waals surface area contributed by atoms with Crippen LogP contribution in [0, 0.1) is 0 Å². The van der Waals surface area contributed by atoms with Crippen molar-refractivity contribution in [3.63, 3.8) is 0 Å². The Bertz CT molecular complexity index is 219. The lowest BCUT2D eigenvalue weighted by Crippen LogP contribution is -2.00. The van der Waals surface area contributed by atoms with Gasteiger partial charge in [0.05, 0.1) is 6.20 Å². The van der Waals surface area contributed by atoms with Crippen molar-refractivity contribution in [1.29, 1.82) is 0 Å². The maximum atomic E-state index is 9.90. The molecule has 0 saturated heterocycles. The highest BCUT2D eigenvalue weighted by molar-refractivity contribution is 6.74. The predicted octanol–water partition coefficient (Wildman–Crippen LogP) is 2.68. The minimum Gasteiger partial charge on any atom is -0.299 e. The lowest BCUT2D eigenvalue weighted by atomic mass is 10.6. The number of rotatable bonds is 0. The second-order valence-electron chi connectivity index (χ2n) is 1.53. The summed E-state index contributed by atoms with van der Waals surface area (Å²) >= 11 is 14.6. The number of azo groups is 1. The highest BCUT2D eigenvalue weighted by atomic mass is 35.6. The molecule has 0 N–H and O–H groups in total. The number of alkyl halides is 3. The smallest absolute Gasteiger partial charge is 0.289 e. The van der Waals surface area contributed by atoms with Crippen LogP contribution in [-0.2, 0) is 9.59 Å². The number of carbonyl (C=O) groups excluding carboxylic acids is 2. The lowest BCUT2D eigenvalue weighted by Gasteiger charge is -1.93. The van der Waals surface area contributed by atoms with Gasteiger partial charge < -0.3 is 0 Å². The zero-order chi connectivity index (χ0) is 9.61. The zero-order valence-electron chi connectivity index (χ0n) is 5.58. The number of hydrogen-bond donors (Lipinski definition) is 0. The van der Waals surface area contributed by atoms with Crippen LogP contribution in [0.5, 0.6) is 0 Å². The van der Waals surface area contributed by atoms with E-state index in [1.54, 1.807) is 0 Å². The number of aldehydes is 1. The first-order valence-corrected chi connectivity index (χ1v) is 3.73. The standard InChI is InChI=1S/C3H2N2O.C2HCl3O.CH4/c6-3-1-2-4-5-3;3-2(4,5)1-6;/h1-2H;1H;1H4. The van der Waals surface area contributed by atoms with Crippen molar-refractivity contribution in [2.45, 2.75) is 11.2 Å². The second-order valence-corrected chi connectivity index (χ2v) is 3.90. The van der Waals surface area contributed by atoms with E-state index in [9.17, 15) is 9.59 Å². The Balaban J connectivity index is 0. The molecular weight excluding hydrogens is 238 g/mol. The van der Waals surface area contributed by atoms with Gasteiger partial charge in [0.2, 0.25) is 3.79 Å². The highest BCUT2D eigenvalue weighted by Gasteiger charge is 2.16. The first-order chi connectivity index (χ1) is 5.45. The molecule has 1 aliphatic rings. The number of carbonyl (C=O) groups is 2. The van der Waals surface area contributed by atoms with Gasteiger partial charge in [-0.2, -0.15) is 5.11 Å². The van der Waals surface area contributed by atoms with Crippen LogP contribution >= 0.6 is 34.8 Å². The Morgan fingerprint density at radius 3 is 1.92 bits per heavy atom. The molecule has 0 atom stereocenters. The summed E-state index contributed by atoms with van der Waals surface area (Å²) in [5.41, 5.74) is 0. The van der Waals surface area contributed by atoms with E-state index in [0.29, 0.717) is 0 Å². The summed E-state index contributed by atoms with van der Waals surface area (Å²) in [5.74, 6) is -0.269. The van der Waals surface area contributed by atoms with Gasteiger partial charge in [0, 0.05) is 6.08 Å². The first-order valence-electron chi connectivity index (χ1n) is 2.60. The zero-order valence-corrected chi connectivity index (χ0v) is 7.84. The van der Waals surface area contributed by atoms with Crippen LogP contribution in [-0.4, -0.2) is 16.0 Å². The van der Waals surface area contributed by atoms with Crippen molar-refractivity contribution >= 4 is 47.0 Å². The molecule has 74 valence electrons. The molecule has 0 bridgehead atoms. The van der Waals surface area contributed by atoms with Gasteiger partial charge in [-0.3, -0.25) is 9.59 Å². The number of halogens is 3. The van der Waals surface area contributed by atoms with Crippen LogP contribution < -0.4 is 0 Å². The molecule has 7 heteroatoms. The summed E-state index contributed by atoms with van der Waals surface area (Å²) in [6.07, 6.45) is 2.90. The largest absolute Gasteiger partial charge is 0.299 e. The van der Waals surface area contributed by atoms with E-state index in [-0.39, 0.29) is 19.6 Å². The van der Waals surface area contributed by atoms with Crippen molar-refractivity contribution in [2.75, 3.05) is 0 Å². The molecule has 0 aromatic carbocycles. The molecule has 1 amide bonds. The molecule has 0 spiro atoms. The van der Waals surface area contributed by atoms with Crippen LogP contribution in [0.4, 0.5) is 0 Å². The monoisotopic (exact) mass is 244 g/mol. The van der Waals surface area contributed by atoms with Gasteiger partial charge in [0.1, 0.15) is 0 Å². The molecular formula is C6H7Cl3N2O2. The average molecular weight is 245 g/mol. The maximum Gasteiger partial charge on any atom is 0.289 e. The Kier molecular flexibility index (Phi) is 8.10. The summed E-state index contributed by atoms with van der Waals surface area (Å²) in [6.45, 7) is 0. The summed E-state index contributed by atoms with van der Waals surface area (Å²) in [5, 5.41) is 6.37. The normalized spacial score (nSPS) is 13.0. The van der Waals surface area contributed by atoms with Gasteiger partial charge in [-0.25, -0.2) is 0 Å². The SMILES string of the molecule is C.O=C1C=CN=N1.O=CC(Cl)(Cl)Cl. The van der Waals surface area contributed by atoms with Gasteiger partial charge in [-0.05, 0) is 0 Å². The first kappa shape index (κ1) is 15.0. The summed E-state index contributed by atoms with van der Waals surface area (Å²) < 4.78 is -1.72. The third-order valence-electron chi connectivity index (χ3n) is 0.574. The third kappa shape index (κ3) is 11.5. The van der Waals surface area contributed by atoms with Crippen molar-refractivity contribution < 1.29 is 9.59 Å². The fourth-order valence-electron chi connectivity index (χ4n) is 0.221. The van der Waals surface area contributed by atoms with E-state index in [2.05, 4.69) is 10.2 Å². The second kappa shape index (κ2) is 7.00. The quantitative estimate of drug-likeness (QED) is 0.486. The van der Waals surface area contributed by atoms with Crippen LogP contribution in [0.25, 0.3) is 0 Å². The molecule has 1 rings (SSSR count). The Labute approximate surface area is 90.6 Å². The van der Waals surface area contributed by atoms with Gasteiger partial charge >= 0.3 is 0 Å². The molecule has 13 heavy (non-hydrogen) atoms. The van der Waals surface area contributed by atoms with Gasteiger partial charge in [-0.1, -0.05) is 42.2 Å². The van der Waals surface area contributed by atoms with Crippen LogP contribution in [0.3, 0.4) is 0 Å². The fraction of sp³-hybridized carbons (Fsp3) is 0.333. The summed E-state index contributed by atoms with van der Waals surface area (Å²) in [4.78, 5) is 19.3. The molecule has 1 aliphatic heterocycles. The minimum absolute atomic E-state index is 0. The Morgan fingerprint density at radius 2 is 1.85 bits per heavy atom. The number of hydrogen-bond acceptors (Lipinski definition) is 3. The molecule has 0 unspecified atom stereocenters. The number of amides is 1. The predicted molar refractivity (Wildman–Crippen MR) is 52.1 cm³/mol. The van der Waals surface area contributed by atoms with Crippen molar-refractivity contribution in [1.82, 2.24) is 0 Å². The Morgan fingerprint density at radius 1 is 1.38 bits per heavy atom. The lowest BCUT2D eigenvalue weighted by molar-refractivity contribution is -0.113. The van der Waals surface area contributed by atoms with E-state index >= 15 is 0 Å². The van der Waals surface area contributed by atoms with Crippen molar-refractivity contribution in [3.8, 4) is 0 Å². The van der Waals surface area contributed by atoms with E-state index in [0.717, 1.165) is 0 Å². The van der Waals surface area contributed by atoms with E-state index in [1.165, 1.54) is 12.3 Å². The van der Waals surface area contributed by atoms with Gasteiger partial charge in [0.15, 0.2) is 6.29 Å². The summed E-state index contributed by atoms with van der Waals surface area (Å²) in [6, 6.07) is 0. The Hall–Kier alpha value is -0.450. The van der Waals surface area contributed by atoms with E-state index < -0.39 is 3.79 Å². The molecule has 4 nitrogen and oxygen atoms in total. The fourth-order valence-corrected chi connectivity index (χ4v) is 0.221. The molecule has 0 radical (unpaired) electrons. The van der Waals surface area contributed by atoms with Gasteiger partial charge in [-0.15, -0.1) is 5.11 Å². The van der Waals surface area contributed by atoms with Crippen LogP contribution in [0.2, 0.25) is 0 Å². The van der Waals surface area contributed by atoms with E-state index in [1.807, 2.05) is 0 Å². The van der Waals surface area contributed by atoms with Crippen LogP contribution in [0.1, 0.15) is 7.43 Å². The van der Waals surface area contributed by atoms with Crippen molar-refractivity contribution in [2.24, 2.45) is 10.2 Å². The molecule has 0 saturated carbocycles. The maximum absolute atomic E-state index is 9.90. The average Bonchev–Trinajstić information content (AvgIpc) is 2.39. The highest BCUT2D eigenvalue weighted by Crippen LogP contribution is 2.21. The topological polar surface area (TPSA) is 58.9 Å². The molecule has 0 aromatic rings. The number of nitrogens with zero attached hydrogens (tertiary/aromatic N) is 2.